The largest absolute Gasteiger partial charge is 0.380 e. The van der Waals surface area contributed by atoms with Crippen LogP contribution in [0.25, 0.3) is 10.8 Å². The molecule has 39 heavy (non-hydrogen) atoms. The van der Waals surface area contributed by atoms with Crippen molar-refractivity contribution in [2.24, 2.45) is 11.7 Å². The number of hydrogen-bond donors (Lipinski definition) is 2. The highest BCUT2D eigenvalue weighted by molar-refractivity contribution is 7.90. The standard InChI is InChI=1S/C28H39N7O3S/c1-17(2)20-6-7-24(35-14-19(18(35)3)16-39(5,36)37)22-13-31-27(12-21(20)22)32-26-8-10-30-28(33-26)34-11-9-25(38-4)23(29)15-34/h6-8,10,12-13,17-19,23,25H,9,11,14-16,29H2,1-5H3,(H,30,31,32,33)/t18-,19-,23+,25+/m1/s1. The van der Waals surface area contributed by atoms with Crippen LogP contribution < -0.4 is 20.9 Å². The van der Waals surface area contributed by atoms with Crippen LogP contribution in [0.2, 0.25) is 0 Å². The zero-order chi connectivity index (χ0) is 27.9. The molecule has 11 heteroatoms. The fourth-order valence-corrected chi connectivity index (χ4v) is 6.95. The number of sulfone groups is 1. The van der Waals surface area contributed by atoms with E-state index in [-0.39, 0.29) is 29.9 Å². The molecule has 2 fully saturated rings. The van der Waals surface area contributed by atoms with Gasteiger partial charge in [0.25, 0.3) is 0 Å². The zero-order valence-corrected chi connectivity index (χ0v) is 24.1. The molecule has 0 aliphatic carbocycles. The Morgan fingerprint density at radius 2 is 1.95 bits per heavy atom. The van der Waals surface area contributed by atoms with Crippen molar-refractivity contribution in [3.05, 3.63) is 42.2 Å². The van der Waals surface area contributed by atoms with E-state index in [1.165, 1.54) is 11.8 Å². The average molecular weight is 554 g/mol. The minimum absolute atomic E-state index is 0.0502. The maximum Gasteiger partial charge on any atom is 0.227 e. The van der Waals surface area contributed by atoms with Crippen molar-refractivity contribution in [1.29, 1.82) is 0 Å². The van der Waals surface area contributed by atoms with Crippen LogP contribution in [-0.2, 0) is 14.6 Å². The minimum Gasteiger partial charge on any atom is -0.380 e. The van der Waals surface area contributed by atoms with E-state index < -0.39 is 9.84 Å². The van der Waals surface area contributed by atoms with Gasteiger partial charge in [-0.1, -0.05) is 19.9 Å². The lowest BCUT2D eigenvalue weighted by Crippen LogP contribution is -2.57. The topological polar surface area (TPSA) is 127 Å². The van der Waals surface area contributed by atoms with Crippen LogP contribution in [0.4, 0.5) is 23.3 Å². The van der Waals surface area contributed by atoms with Crippen LogP contribution in [0.15, 0.2) is 36.7 Å². The quantitative estimate of drug-likeness (QED) is 0.429. The molecule has 2 aliphatic heterocycles. The van der Waals surface area contributed by atoms with Crippen molar-refractivity contribution in [3.8, 4) is 0 Å². The van der Waals surface area contributed by atoms with E-state index in [2.05, 4.69) is 59.1 Å². The normalized spacial score (nSPS) is 23.8. The maximum absolute atomic E-state index is 11.8. The van der Waals surface area contributed by atoms with Crippen molar-refractivity contribution in [2.45, 2.75) is 51.3 Å². The Hall–Kier alpha value is -3.02. The highest BCUT2D eigenvalue weighted by Gasteiger charge is 2.38. The van der Waals surface area contributed by atoms with Gasteiger partial charge in [-0.05, 0) is 48.4 Å². The molecule has 3 N–H and O–H groups in total. The Morgan fingerprint density at radius 3 is 2.62 bits per heavy atom. The average Bonchev–Trinajstić information content (AvgIpc) is 2.89. The highest BCUT2D eigenvalue weighted by atomic mass is 32.2. The fraction of sp³-hybridized carbons (Fsp3) is 0.536. The predicted molar refractivity (Wildman–Crippen MR) is 157 cm³/mol. The minimum atomic E-state index is -3.01. The Labute approximate surface area is 230 Å². The fourth-order valence-electron chi connectivity index (χ4n) is 5.79. The number of piperidine rings is 1. The monoisotopic (exact) mass is 553 g/mol. The van der Waals surface area contributed by atoms with Gasteiger partial charge in [0, 0.05) is 74.5 Å². The first kappa shape index (κ1) is 27.5. The van der Waals surface area contributed by atoms with Crippen LogP contribution in [0, 0.1) is 5.92 Å². The van der Waals surface area contributed by atoms with Crippen molar-refractivity contribution in [2.75, 3.05) is 53.9 Å². The summed E-state index contributed by atoms with van der Waals surface area (Å²) in [5, 5.41) is 5.56. The Balaban J connectivity index is 1.40. The first-order valence-electron chi connectivity index (χ1n) is 13.5. The van der Waals surface area contributed by atoms with Gasteiger partial charge in [-0.2, -0.15) is 4.98 Å². The molecule has 5 rings (SSSR count). The van der Waals surface area contributed by atoms with E-state index in [0.29, 0.717) is 30.0 Å². The second-order valence-electron chi connectivity index (χ2n) is 11.2. The second kappa shape index (κ2) is 10.9. The number of aromatic nitrogens is 3. The number of pyridine rings is 1. The molecule has 0 radical (unpaired) electrons. The number of ether oxygens (including phenoxy) is 1. The number of rotatable bonds is 8. The summed E-state index contributed by atoms with van der Waals surface area (Å²) in [6.45, 7) is 8.61. The molecule has 0 saturated carbocycles. The third-order valence-electron chi connectivity index (χ3n) is 8.04. The molecule has 2 saturated heterocycles. The second-order valence-corrected chi connectivity index (χ2v) is 13.4. The first-order valence-corrected chi connectivity index (χ1v) is 15.6. The summed E-state index contributed by atoms with van der Waals surface area (Å²) in [4.78, 5) is 18.3. The Kier molecular flexibility index (Phi) is 7.67. The lowest BCUT2D eigenvalue weighted by atomic mass is 9.88. The summed E-state index contributed by atoms with van der Waals surface area (Å²) < 4.78 is 29.1. The van der Waals surface area contributed by atoms with Crippen molar-refractivity contribution in [3.63, 3.8) is 0 Å². The summed E-state index contributed by atoms with van der Waals surface area (Å²) in [7, 11) is -1.31. The summed E-state index contributed by atoms with van der Waals surface area (Å²) in [6.07, 6.45) is 5.85. The lowest BCUT2D eigenvalue weighted by molar-refractivity contribution is 0.0662. The molecule has 4 heterocycles. The summed E-state index contributed by atoms with van der Waals surface area (Å²) >= 11 is 0. The van der Waals surface area contributed by atoms with E-state index in [1.807, 2.05) is 12.3 Å². The van der Waals surface area contributed by atoms with Gasteiger partial charge in [0.1, 0.15) is 21.5 Å². The van der Waals surface area contributed by atoms with Crippen LogP contribution in [-0.4, -0.2) is 80.3 Å². The van der Waals surface area contributed by atoms with E-state index in [1.54, 1.807) is 13.3 Å². The van der Waals surface area contributed by atoms with Crippen molar-refractivity contribution < 1.29 is 13.2 Å². The van der Waals surface area contributed by atoms with Crippen molar-refractivity contribution >= 4 is 43.9 Å². The number of nitrogens with one attached hydrogen (secondary N) is 1. The van der Waals surface area contributed by atoms with Crippen LogP contribution in [0.3, 0.4) is 0 Å². The molecule has 3 aromatic rings. The molecular weight excluding hydrogens is 514 g/mol. The van der Waals surface area contributed by atoms with Gasteiger partial charge in [-0.3, -0.25) is 0 Å². The van der Waals surface area contributed by atoms with E-state index in [0.717, 1.165) is 36.0 Å². The molecular formula is C28H39N7O3S. The van der Waals surface area contributed by atoms with E-state index in [9.17, 15) is 8.42 Å². The molecule has 2 aromatic heterocycles. The number of anilines is 4. The smallest absolute Gasteiger partial charge is 0.227 e. The number of nitrogens with two attached hydrogens (primary N) is 1. The Morgan fingerprint density at radius 1 is 1.15 bits per heavy atom. The van der Waals surface area contributed by atoms with Crippen LogP contribution >= 0.6 is 0 Å². The molecule has 0 bridgehead atoms. The molecule has 0 spiro atoms. The van der Waals surface area contributed by atoms with Gasteiger partial charge in [0.2, 0.25) is 5.95 Å². The number of hydrogen-bond acceptors (Lipinski definition) is 10. The summed E-state index contributed by atoms with van der Waals surface area (Å²) in [6, 6.07) is 8.29. The molecule has 0 amide bonds. The molecule has 10 nitrogen and oxygen atoms in total. The van der Waals surface area contributed by atoms with Gasteiger partial charge >= 0.3 is 0 Å². The third kappa shape index (κ3) is 5.80. The molecule has 1 aromatic carbocycles. The van der Waals surface area contributed by atoms with Gasteiger partial charge in [0.05, 0.1) is 11.9 Å². The first-order chi connectivity index (χ1) is 18.5. The number of methoxy groups -OCH3 is 1. The summed E-state index contributed by atoms with van der Waals surface area (Å²) in [5.74, 6) is 2.68. The molecule has 2 aliphatic rings. The number of benzene rings is 1. The Bertz CT molecular complexity index is 1450. The highest BCUT2D eigenvalue weighted by Crippen LogP contribution is 2.39. The summed E-state index contributed by atoms with van der Waals surface area (Å²) in [5.41, 5.74) is 8.61. The van der Waals surface area contributed by atoms with Gasteiger partial charge in [0.15, 0.2) is 0 Å². The van der Waals surface area contributed by atoms with Gasteiger partial charge in [-0.25, -0.2) is 18.4 Å². The molecule has 210 valence electrons. The van der Waals surface area contributed by atoms with Gasteiger partial charge in [-0.15, -0.1) is 0 Å². The van der Waals surface area contributed by atoms with Gasteiger partial charge < -0.3 is 25.6 Å². The van der Waals surface area contributed by atoms with Crippen LogP contribution in [0.5, 0.6) is 0 Å². The number of nitrogens with zero attached hydrogens (tertiary/aromatic N) is 5. The lowest BCUT2D eigenvalue weighted by Gasteiger charge is -2.48. The van der Waals surface area contributed by atoms with Crippen molar-refractivity contribution in [1.82, 2.24) is 15.0 Å². The SMILES string of the molecule is CO[C@H]1CCN(c2nccc(Nc3cc4c(C(C)C)ccc(N5C[C@H](CS(C)(=O)=O)[C@H]5C)c4cn3)n2)C[C@@H]1N. The predicted octanol–water partition coefficient (Wildman–Crippen LogP) is 3.31. The molecule has 0 unspecified atom stereocenters. The third-order valence-corrected chi connectivity index (χ3v) is 9.08. The molecule has 4 atom stereocenters. The number of fused-ring (bicyclic) bond motifs is 1. The zero-order valence-electron chi connectivity index (χ0n) is 23.3. The van der Waals surface area contributed by atoms with Crippen LogP contribution in [0.1, 0.15) is 38.7 Å². The maximum atomic E-state index is 11.8. The van der Waals surface area contributed by atoms with E-state index >= 15 is 0 Å². The van der Waals surface area contributed by atoms with E-state index in [4.69, 9.17) is 20.4 Å².